The Bertz CT molecular complexity index is 1250. The number of amides is 1. The Morgan fingerprint density at radius 1 is 1.06 bits per heavy atom. The van der Waals surface area contributed by atoms with Gasteiger partial charge in [-0.3, -0.25) is 9.47 Å². The second-order valence-corrected chi connectivity index (χ2v) is 10.8. The number of fused-ring (bicyclic) bond motifs is 3. The van der Waals surface area contributed by atoms with Gasteiger partial charge in [-0.2, -0.15) is 4.39 Å². The van der Waals surface area contributed by atoms with Gasteiger partial charge in [-0.15, -0.1) is 10.2 Å². The topological polar surface area (TPSA) is 73.1 Å². The van der Waals surface area contributed by atoms with Crippen LogP contribution in [-0.2, 0) is 17.8 Å². The van der Waals surface area contributed by atoms with E-state index in [0.717, 1.165) is 48.5 Å². The summed E-state index contributed by atoms with van der Waals surface area (Å²) >= 11 is 6.33. The second-order valence-electron chi connectivity index (χ2n) is 10.4. The number of halogens is 2. The highest BCUT2D eigenvalue weighted by atomic mass is 35.5. The van der Waals surface area contributed by atoms with E-state index in [2.05, 4.69) is 19.7 Å². The first-order valence-electron chi connectivity index (χ1n) is 12.0. The van der Waals surface area contributed by atoms with E-state index in [0.29, 0.717) is 17.4 Å². The lowest BCUT2D eigenvalue weighted by Gasteiger charge is -2.28. The molecule has 1 aromatic carbocycles. The van der Waals surface area contributed by atoms with Gasteiger partial charge in [0.05, 0.1) is 18.8 Å². The second kappa shape index (κ2) is 9.22. The number of hydrogen-bond donors (Lipinski definition) is 0. The van der Waals surface area contributed by atoms with Crippen molar-refractivity contribution < 1.29 is 13.9 Å². The zero-order valence-electron chi connectivity index (χ0n) is 20.2. The van der Waals surface area contributed by atoms with E-state index in [9.17, 15) is 9.18 Å². The summed E-state index contributed by atoms with van der Waals surface area (Å²) in [6, 6.07) is 10.7. The molecule has 7 nitrogen and oxygen atoms in total. The summed E-state index contributed by atoms with van der Waals surface area (Å²) in [4.78, 5) is 18.7. The molecule has 184 valence electrons. The van der Waals surface area contributed by atoms with Crippen LogP contribution in [0.2, 0.25) is 5.02 Å². The predicted molar refractivity (Wildman–Crippen MR) is 130 cm³/mol. The summed E-state index contributed by atoms with van der Waals surface area (Å²) in [6.07, 6.45) is 3.21. The van der Waals surface area contributed by atoms with Crippen molar-refractivity contribution in [2.75, 3.05) is 0 Å². The summed E-state index contributed by atoms with van der Waals surface area (Å²) in [6.45, 7) is 6.21. The number of rotatable bonds is 2. The van der Waals surface area contributed by atoms with E-state index in [-0.39, 0.29) is 18.4 Å². The lowest BCUT2D eigenvalue weighted by molar-refractivity contribution is 0.0214. The molecule has 2 aromatic heterocycles. The zero-order valence-corrected chi connectivity index (χ0v) is 20.9. The largest absolute Gasteiger partial charge is 0.444 e. The number of ether oxygens (including phenoxy) is 1. The summed E-state index contributed by atoms with van der Waals surface area (Å²) < 4.78 is 21.3. The number of nitrogens with zero attached hydrogens (tertiary/aromatic N) is 5. The molecule has 0 atom stereocenters. The third kappa shape index (κ3) is 5.03. The smallest absolute Gasteiger partial charge is 0.411 e. The third-order valence-corrected chi connectivity index (χ3v) is 6.87. The van der Waals surface area contributed by atoms with Gasteiger partial charge in [-0.05, 0) is 82.3 Å². The highest BCUT2D eigenvalue weighted by Crippen LogP contribution is 2.41. The number of carbonyl (C=O) groups is 1. The van der Waals surface area contributed by atoms with E-state index in [4.69, 9.17) is 16.3 Å². The third-order valence-electron chi connectivity index (χ3n) is 6.63. The molecule has 35 heavy (non-hydrogen) atoms. The quantitative estimate of drug-likeness (QED) is 0.397. The molecule has 1 fully saturated rings. The van der Waals surface area contributed by atoms with Crippen molar-refractivity contribution in [3.8, 4) is 5.69 Å². The molecular formula is C26H29ClFN5O2. The van der Waals surface area contributed by atoms with Gasteiger partial charge in [-0.1, -0.05) is 17.7 Å². The lowest BCUT2D eigenvalue weighted by atomic mass is 9.80. The molecule has 0 bridgehead atoms. The molecule has 1 amide bonds. The van der Waals surface area contributed by atoms with Crippen molar-refractivity contribution in [2.24, 2.45) is 0 Å². The fourth-order valence-electron chi connectivity index (χ4n) is 5.05. The van der Waals surface area contributed by atoms with Gasteiger partial charge in [0.1, 0.15) is 11.4 Å². The Hall–Kier alpha value is -3.00. The lowest BCUT2D eigenvalue weighted by Crippen LogP contribution is -2.35. The molecule has 5 rings (SSSR count). The first-order chi connectivity index (χ1) is 16.7. The predicted octanol–water partition coefficient (Wildman–Crippen LogP) is 6.15. The van der Waals surface area contributed by atoms with Crippen LogP contribution in [0.4, 0.5) is 9.18 Å². The van der Waals surface area contributed by atoms with Gasteiger partial charge >= 0.3 is 6.09 Å². The molecule has 9 heteroatoms. The standard InChI is InChI=1S/C26H29ClFN5O2/c1-26(2,3)35-25(34)32-14-18-13-19(27)11-12-21(18)33-23(15-32)30-31-24(33)17-9-7-16(8-10-17)20-5-4-6-22(28)29-20/h4-6,11-13,16-17H,7-10,14-15H2,1-3H3. The molecular weight excluding hydrogens is 469 g/mol. The van der Waals surface area contributed by atoms with Crippen molar-refractivity contribution in [3.05, 3.63) is 70.3 Å². The minimum Gasteiger partial charge on any atom is -0.444 e. The van der Waals surface area contributed by atoms with Crippen molar-refractivity contribution in [3.63, 3.8) is 0 Å². The van der Waals surface area contributed by atoms with Crippen molar-refractivity contribution in [1.29, 1.82) is 0 Å². The highest BCUT2D eigenvalue weighted by Gasteiger charge is 2.33. The monoisotopic (exact) mass is 497 g/mol. The summed E-state index contributed by atoms with van der Waals surface area (Å²) in [5, 5.41) is 9.70. The Morgan fingerprint density at radius 2 is 1.80 bits per heavy atom. The average Bonchev–Trinajstić information content (AvgIpc) is 3.13. The molecule has 0 saturated heterocycles. The molecule has 3 aromatic rings. The maximum absolute atomic E-state index is 13.6. The van der Waals surface area contributed by atoms with Crippen molar-refractivity contribution in [2.45, 2.75) is 77.0 Å². The Labute approximate surface area is 209 Å². The minimum absolute atomic E-state index is 0.206. The molecule has 0 unspecified atom stereocenters. The van der Waals surface area contributed by atoms with Gasteiger partial charge in [-0.25, -0.2) is 9.78 Å². The Morgan fingerprint density at radius 3 is 2.51 bits per heavy atom. The van der Waals surface area contributed by atoms with Crippen molar-refractivity contribution >= 4 is 17.7 Å². The van der Waals surface area contributed by atoms with Crippen LogP contribution >= 0.6 is 11.6 Å². The first kappa shape index (κ1) is 23.7. The number of pyridine rings is 1. The molecule has 3 heterocycles. The summed E-state index contributed by atoms with van der Waals surface area (Å²) in [5.74, 6) is 1.60. The summed E-state index contributed by atoms with van der Waals surface area (Å²) in [5.41, 5.74) is 2.07. The van der Waals surface area contributed by atoms with E-state index in [1.54, 1.807) is 11.0 Å². The fraction of sp³-hybridized carbons (Fsp3) is 0.462. The van der Waals surface area contributed by atoms with Gasteiger partial charge in [0, 0.05) is 22.6 Å². The SMILES string of the molecule is CC(C)(C)OC(=O)N1Cc2cc(Cl)ccc2-n2c(nnc2C2CCC(c3cccc(F)n3)CC2)C1. The maximum Gasteiger partial charge on any atom is 0.411 e. The molecule has 0 N–H and O–H groups in total. The molecule has 1 aliphatic heterocycles. The molecule has 0 radical (unpaired) electrons. The van der Waals surface area contributed by atoms with Crippen LogP contribution in [0.5, 0.6) is 0 Å². The Balaban J connectivity index is 1.44. The van der Waals surface area contributed by atoms with Crippen LogP contribution < -0.4 is 0 Å². The van der Waals surface area contributed by atoms with Crippen LogP contribution in [0.1, 0.15) is 81.2 Å². The molecule has 1 saturated carbocycles. The number of benzene rings is 1. The van der Waals surface area contributed by atoms with E-state index in [1.165, 1.54) is 6.07 Å². The first-order valence-corrected chi connectivity index (χ1v) is 12.4. The van der Waals surface area contributed by atoms with Crippen LogP contribution in [0.15, 0.2) is 36.4 Å². The van der Waals surface area contributed by atoms with E-state index in [1.807, 2.05) is 45.0 Å². The Kier molecular flexibility index (Phi) is 6.25. The minimum atomic E-state index is -0.603. The number of hydrogen-bond acceptors (Lipinski definition) is 5. The average molecular weight is 498 g/mol. The molecule has 2 aliphatic rings. The van der Waals surface area contributed by atoms with Crippen LogP contribution in [-0.4, -0.2) is 36.3 Å². The van der Waals surface area contributed by atoms with Crippen LogP contribution in [0.25, 0.3) is 5.69 Å². The van der Waals surface area contributed by atoms with E-state index >= 15 is 0 Å². The molecule has 1 aliphatic carbocycles. The summed E-state index contributed by atoms with van der Waals surface area (Å²) in [7, 11) is 0. The van der Waals surface area contributed by atoms with Gasteiger partial charge < -0.3 is 4.74 Å². The van der Waals surface area contributed by atoms with Gasteiger partial charge in [0.2, 0.25) is 5.95 Å². The fourth-order valence-corrected chi connectivity index (χ4v) is 5.24. The van der Waals surface area contributed by atoms with Crippen LogP contribution in [0.3, 0.4) is 0 Å². The highest BCUT2D eigenvalue weighted by molar-refractivity contribution is 6.30. The van der Waals surface area contributed by atoms with Crippen molar-refractivity contribution in [1.82, 2.24) is 24.6 Å². The number of aromatic nitrogens is 4. The van der Waals surface area contributed by atoms with E-state index < -0.39 is 17.6 Å². The van der Waals surface area contributed by atoms with Crippen LogP contribution in [0, 0.1) is 5.95 Å². The van der Waals surface area contributed by atoms with Gasteiger partial charge in [0.25, 0.3) is 0 Å². The zero-order chi connectivity index (χ0) is 24.7. The normalized spacial score (nSPS) is 20.1. The number of carbonyl (C=O) groups excluding carboxylic acids is 1. The van der Waals surface area contributed by atoms with Gasteiger partial charge in [0.15, 0.2) is 5.82 Å². The maximum atomic E-state index is 13.6. The molecule has 0 spiro atoms.